The van der Waals surface area contributed by atoms with Crippen LogP contribution in [0.3, 0.4) is 0 Å². The van der Waals surface area contributed by atoms with E-state index in [4.69, 9.17) is 5.73 Å². The molecule has 1 aliphatic rings. The molecule has 2 rings (SSSR count). The van der Waals surface area contributed by atoms with Crippen LogP contribution >= 0.6 is 11.8 Å². The van der Waals surface area contributed by atoms with Crippen LogP contribution in [-0.2, 0) is 10.5 Å². The van der Waals surface area contributed by atoms with Gasteiger partial charge in [-0.1, -0.05) is 43.7 Å². The van der Waals surface area contributed by atoms with Crippen molar-refractivity contribution in [3.8, 4) is 0 Å². The van der Waals surface area contributed by atoms with E-state index in [0.29, 0.717) is 5.92 Å². The Hall–Kier alpha value is -1.00. The van der Waals surface area contributed by atoms with Crippen molar-refractivity contribution < 1.29 is 4.79 Å². The number of primary amides is 1. The molecular weight excluding hydrogens is 280 g/mol. The highest BCUT2D eigenvalue weighted by molar-refractivity contribution is 7.98. The fourth-order valence-electron chi connectivity index (χ4n) is 3.42. The molecule has 1 aromatic rings. The van der Waals surface area contributed by atoms with Crippen LogP contribution in [0.2, 0.25) is 0 Å². The second-order valence-electron chi connectivity index (χ2n) is 5.78. The van der Waals surface area contributed by atoms with Gasteiger partial charge in [0.15, 0.2) is 0 Å². The standard InChI is InChI=1S/C17H26N2OS/c1-2-19-17(16(18)20)11-6-9-15(17)10-12-21-13-14-7-4-3-5-8-14/h3-5,7-8,15,19H,2,6,9-13H2,1H3,(H2,18,20). The van der Waals surface area contributed by atoms with Gasteiger partial charge in [-0.3, -0.25) is 4.79 Å². The molecule has 1 amide bonds. The molecule has 0 spiro atoms. The van der Waals surface area contributed by atoms with Gasteiger partial charge in [-0.25, -0.2) is 0 Å². The van der Waals surface area contributed by atoms with Gasteiger partial charge in [0.2, 0.25) is 5.91 Å². The average Bonchev–Trinajstić information content (AvgIpc) is 2.89. The molecule has 1 aliphatic carbocycles. The third-order valence-electron chi connectivity index (χ3n) is 4.47. The van der Waals surface area contributed by atoms with E-state index in [0.717, 1.165) is 43.7 Å². The number of likely N-dealkylation sites (N-methyl/N-ethyl adjacent to an activating group) is 1. The number of nitrogens with one attached hydrogen (secondary N) is 1. The average molecular weight is 306 g/mol. The van der Waals surface area contributed by atoms with Gasteiger partial charge in [-0.2, -0.15) is 11.8 Å². The van der Waals surface area contributed by atoms with E-state index in [1.165, 1.54) is 5.56 Å². The summed E-state index contributed by atoms with van der Waals surface area (Å²) in [5.74, 6) is 2.34. The Morgan fingerprint density at radius 3 is 2.86 bits per heavy atom. The van der Waals surface area contributed by atoms with Crippen LogP contribution in [0.1, 0.15) is 38.2 Å². The number of nitrogens with two attached hydrogens (primary N) is 1. The Balaban J connectivity index is 1.82. The normalized spacial score (nSPS) is 25.1. The molecule has 1 fully saturated rings. The first-order valence-electron chi connectivity index (χ1n) is 7.85. The molecule has 3 nitrogen and oxygen atoms in total. The van der Waals surface area contributed by atoms with Crippen LogP contribution in [0.5, 0.6) is 0 Å². The molecule has 1 aromatic carbocycles. The Kier molecular flexibility index (Phi) is 6.12. The maximum absolute atomic E-state index is 11.9. The van der Waals surface area contributed by atoms with Crippen molar-refractivity contribution in [3.05, 3.63) is 35.9 Å². The van der Waals surface area contributed by atoms with Crippen molar-refractivity contribution >= 4 is 17.7 Å². The number of hydrogen-bond donors (Lipinski definition) is 2. The summed E-state index contributed by atoms with van der Waals surface area (Å²) in [4.78, 5) is 11.9. The second kappa shape index (κ2) is 7.85. The van der Waals surface area contributed by atoms with Crippen molar-refractivity contribution in [1.82, 2.24) is 5.32 Å². The van der Waals surface area contributed by atoms with Gasteiger partial charge in [0, 0.05) is 5.75 Å². The minimum absolute atomic E-state index is 0.167. The van der Waals surface area contributed by atoms with E-state index >= 15 is 0 Å². The first-order chi connectivity index (χ1) is 10.2. The van der Waals surface area contributed by atoms with Gasteiger partial charge < -0.3 is 11.1 Å². The van der Waals surface area contributed by atoms with Crippen molar-refractivity contribution in [2.45, 2.75) is 43.9 Å². The lowest BCUT2D eigenvalue weighted by atomic mass is 9.84. The highest BCUT2D eigenvalue weighted by Gasteiger charge is 2.46. The van der Waals surface area contributed by atoms with Crippen molar-refractivity contribution in [2.75, 3.05) is 12.3 Å². The third-order valence-corrected chi connectivity index (χ3v) is 5.54. The van der Waals surface area contributed by atoms with E-state index in [1.54, 1.807) is 0 Å². The first-order valence-corrected chi connectivity index (χ1v) is 9.01. The monoisotopic (exact) mass is 306 g/mol. The quantitative estimate of drug-likeness (QED) is 0.726. The highest BCUT2D eigenvalue weighted by atomic mass is 32.2. The third kappa shape index (κ3) is 4.01. The zero-order chi connectivity index (χ0) is 15.1. The number of benzene rings is 1. The number of carbonyl (C=O) groups is 1. The SMILES string of the molecule is CCNC1(C(N)=O)CCCC1CCSCc1ccccc1. The number of rotatable bonds is 8. The summed E-state index contributed by atoms with van der Waals surface area (Å²) in [7, 11) is 0. The van der Waals surface area contributed by atoms with E-state index in [9.17, 15) is 4.79 Å². The van der Waals surface area contributed by atoms with Gasteiger partial charge in [0.1, 0.15) is 5.54 Å². The summed E-state index contributed by atoms with van der Waals surface area (Å²) in [6.07, 6.45) is 4.17. The van der Waals surface area contributed by atoms with Crippen molar-refractivity contribution in [1.29, 1.82) is 0 Å². The highest BCUT2D eigenvalue weighted by Crippen LogP contribution is 2.38. The topological polar surface area (TPSA) is 55.1 Å². The van der Waals surface area contributed by atoms with E-state index in [2.05, 4.69) is 29.6 Å². The van der Waals surface area contributed by atoms with E-state index < -0.39 is 5.54 Å². The minimum atomic E-state index is -0.456. The molecule has 116 valence electrons. The predicted octanol–water partition coefficient (Wildman–Crippen LogP) is 2.94. The lowest BCUT2D eigenvalue weighted by molar-refractivity contribution is -0.125. The number of thioether (sulfide) groups is 1. The Bertz CT molecular complexity index is 451. The van der Waals surface area contributed by atoms with E-state index in [-0.39, 0.29) is 5.91 Å². The summed E-state index contributed by atoms with van der Waals surface area (Å²) in [5, 5.41) is 3.38. The predicted molar refractivity (Wildman–Crippen MR) is 90.2 cm³/mol. The molecule has 0 heterocycles. The fourth-order valence-corrected chi connectivity index (χ4v) is 4.44. The molecule has 0 saturated heterocycles. The maximum Gasteiger partial charge on any atom is 0.238 e. The van der Waals surface area contributed by atoms with Crippen LogP contribution < -0.4 is 11.1 Å². The molecule has 1 saturated carbocycles. The minimum Gasteiger partial charge on any atom is -0.368 e. The Labute approximate surface area is 132 Å². The molecule has 0 aliphatic heterocycles. The summed E-state index contributed by atoms with van der Waals surface area (Å²) >= 11 is 1.94. The second-order valence-corrected chi connectivity index (χ2v) is 6.89. The summed E-state index contributed by atoms with van der Waals surface area (Å²) < 4.78 is 0. The number of carbonyl (C=O) groups excluding carboxylic acids is 1. The molecule has 4 heteroatoms. The van der Waals surface area contributed by atoms with Gasteiger partial charge in [-0.15, -0.1) is 0 Å². The van der Waals surface area contributed by atoms with Crippen molar-refractivity contribution in [2.24, 2.45) is 11.7 Å². The number of amides is 1. The van der Waals surface area contributed by atoms with Gasteiger partial charge in [-0.05, 0) is 43.0 Å². The van der Waals surface area contributed by atoms with Gasteiger partial charge in [0.25, 0.3) is 0 Å². The molecular formula is C17H26N2OS. The van der Waals surface area contributed by atoms with Crippen LogP contribution in [0.4, 0.5) is 0 Å². The molecule has 0 bridgehead atoms. The van der Waals surface area contributed by atoms with Crippen molar-refractivity contribution in [3.63, 3.8) is 0 Å². The summed E-state index contributed by atoms with van der Waals surface area (Å²) in [5.41, 5.74) is 6.60. The Morgan fingerprint density at radius 2 is 2.19 bits per heavy atom. The molecule has 0 aromatic heterocycles. The molecule has 2 unspecified atom stereocenters. The largest absolute Gasteiger partial charge is 0.368 e. The number of hydrogen-bond acceptors (Lipinski definition) is 3. The van der Waals surface area contributed by atoms with Crippen LogP contribution in [0.25, 0.3) is 0 Å². The van der Waals surface area contributed by atoms with Gasteiger partial charge >= 0.3 is 0 Å². The smallest absolute Gasteiger partial charge is 0.238 e. The Morgan fingerprint density at radius 1 is 1.43 bits per heavy atom. The molecule has 3 N–H and O–H groups in total. The summed E-state index contributed by atoms with van der Waals surface area (Å²) in [6, 6.07) is 10.5. The van der Waals surface area contributed by atoms with E-state index in [1.807, 2.05) is 24.8 Å². The fraction of sp³-hybridized carbons (Fsp3) is 0.588. The molecule has 2 atom stereocenters. The van der Waals surface area contributed by atoms with Crippen LogP contribution in [0, 0.1) is 5.92 Å². The summed E-state index contributed by atoms with van der Waals surface area (Å²) in [6.45, 7) is 2.85. The lowest BCUT2D eigenvalue weighted by Crippen LogP contribution is -2.57. The zero-order valence-corrected chi connectivity index (χ0v) is 13.6. The first kappa shape index (κ1) is 16.4. The maximum atomic E-state index is 11.9. The molecule has 21 heavy (non-hydrogen) atoms. The molecule has 0 radical (unpaired) electrons. The van der Waals surface area contributed by atoms with Crippen LogP contribution in [0.15, 0.2) is 30.3 Å². The zero-order valence-electron chi connectivity index (χ0n) is 12.8. The van der Waals surface area contributed by atoms with Crippen LogP contribution in [-0.4, -0.2) is 23.7 Å². The van der Waals surface area contributed by atoms with Gasteiger partial charge in [0.05, 0.1) is 0 Å². The lowest BCUT2D eigenvalue weighted by Gasteiger charge is -2.33.